The van der Waals surface area contributed by atoms with E-state index in [2.05, 4.69) is 6.92 Å². The summed E-state index contributed by atoms with van der Waals surface area (Å²) in [4.78, 5) is 0. The minimum absolute atomic E-state index is 0.260. The van der Waals surface area contributed by atoms with E-state index < -0.39 is 0 Å². The van der Waals surface area contributed by atoms with Crippen molar-refractivity contribution in [1.29, 1.82) is 0 Å². The summed E-state index contributed by atoms with van der Waals surface area (Å²) in [6.07, 6.45) is 16.8. The molecule has 3 heteroatoms. The topological polar surface area (TPSA) is 61.3 Å². The predicted molar refractivity (Wildman–Crippen MR) is 93.5 cm³/mol. The molecule has 0 fully saturated rings. The van der Waals surface area contributed by atoms with Gasteiger partial charge < -0.3 is 16.2 Å². The smallest absolute Gasteiger partial charge is 0.0466 e. The molecule has 0 saturated heterocycles. The summed E-state index contributed by atoms with van der Waals surface area (Å²) in [6, 6.07) is 0.260. The molecule has 128 valence electrons. The molecule has 0 saturated carbocycles. The first-order valence-electron chi connectivity index (χ1n) is 9.34. The maximum Gasteiger partial charge on any atom is 0.0466 e. The highest BCUT2D eigenvalue weighted by Gasteiger charge is 2.00. The number of unbranched alkanes of at least 4 members (excludes halogenated alkanes) is 9. The van der Waals surface area contributed by atoms with Gasteiger partial charge in [0.05, 0.1) is 0 Å². The van der Waals surface area contributed by atoms with Crippen molar-refractivity contribution in [2.45, 2.75) is 96.4 Å². The van der Waals surface area contributed by atoms with Crippen LogP contribution >= 0.6 is 0 Å². The van der Waals surface area contributed by atoms with Crippen molar-refractivity contribution in [3.05, 3.63) is 0 Å². The van der Waals surface area contributed by atoms with Crippen LogP contribution in [0.3, 0.4) is 0 Å². The van der Waals surface area contributed by atoms with E-state index in [-0.39, 0.29) is 6.04 Å². The zero-order chi connectivity index (χ0) is 15.6. The Balaban J connectivity index is 2.99. The van der Waals surface area contributed by atoms with Crippen LogP contribution in [0.15, 0.2) is 0 Å². The third kappa shape index (κ3) is 17.8. The normalized spacial score (nSPS) is 12.7. The van der Waals surface area contributed by atoms with Gasteiger partial charge in [0.15, 0.2) is 0 Å². The van der Waals surface area contributed by atoms with Gasteiger partial charge in [-0.15, -0.1) is 0 Å². The molecule has 0 radical (unpaired) electrons. The first-order valence-corrected chi connectivity index (χ1v) is 9.34. The number of hydrogen-bond donors (Lipinski definition) is 2. The van der Waals surface area contributed by atoms with Crippen LogP contribution in [0.2, 0.25) is 0 Å². The zero-order valence-electron chi connectivity index (χ0n) is 14.5. The first kappa shape index (κ1) is 20.9. The molecule has 1 unspecified atom stereocenters. The monoisotopic (exact) mass is 300 g/mol. The molecule has 0 heterocycles. The molecule has 0 aromatic carbocycles. The zero-order valence-corrected chi connectivity index (χ0v) is 14.5. The van der Waals surface area contributed by atoms with Crippen LogP contribution in [0.1, 0.15) is 90.4 Å². The Morgan fingerprint density at radius 2 is 1.24 bits per heavy atom. The maximum atomic E-state index is 5.90. The van der Waals surface area contributed by atoms with Crippen LogP contribution in [0.25, 0.3) is 0 Å². The number of nitrogens with two attached hydrogens (primary N) is 2. The molecule has 0 aromatic rings. The van der Waals surface area contributed by atoms with Crippen LogP contribution in [-0.4, -0.2) is 25.8 Å². The molecular formula is C18H40N2O. The molecule has 0 aromatic heterocycles. The van der Waals surface area contributed by atoms with Gasteiger partial charge in [0.25, 0.3) is 0 Å². The second kappa shape index (κ2) is 17.9. The van der Waals surface area contributed by atoms with Gasteiger partial charge in [0.2, 0.25) is 0 Å². The van der Waals surface area contributed by atoms with Gasteiger partial charge in [0.1, 0.15) is 0 Å². The molecule has 0 aliphatic carbocycles. The van der Waals surface area contributed by atoms with Gasteiger partial charge in [-0.05, 0) is 32.2 Å². The third-order valence-corrected chi connectivity index (χ3v) is 4.04. The molecule has 4 N–H and O–H groups in total. The summed E-state index contributed by atoms with van der Waals surface area (Å²) >= 11 is 0. The Morgan fingerprint density at radius 3 is 1.81 bits per heavy atom. The second-order valence-corrected chi connectivity index (χ2v) is 6.27. The molecule has 0 amide bonds. The third-order valence-electron chi connectivity index (χ3n) is 4.04. The molecule has 0 aliphatic rings. The van der Waals surface area contributed by atoms with Crippen LogP contribution in [0.5, 0.6) is 0 Å². The minimum atomic E-state index is 0.260. The first-order chi connectivity index (χ1) is 10.3. The fourth-order valence-electron chi connectivity index (χ4n) is 2.60. The van der Waals surface area contributed by atoms with E-state index >= 15 is 0 Å². The lowest BCUT2D eigenvalue weighted by Gasteiger charge is -2.10. The second-order valence-electron chi connectivity index (χ2n) is 6.27. The summed E-state index contributed by atoms with van der Waals surface area (Å²) in [5.41, 5.74) is 11.4. The molecule has 0 aliphatic heterocycles. The van der Waals surface area contributed by atoms with Gasteiger partial charge in [-0.25, -0.2) is 0 Å². The Hall–Kier alpha value is -0.120. The summed E-state index contributed by atoms with van der Waals surface area (Å²) in [7, 11) is 0. The highest BCUT2D eigenvalue weighted by atomic mass is 16.5. The lowest BCUT2D eigenvalue weighted by molar-refractivity contribution is 0.124. The summed E-state index contributed by atoms with van der Waals surface area (Å²) < 4.78 is 5.65. The standard InChI is InChI=1S/C18H40N2O/c1-2-3-4-5-6-7-8-9-10-11-16-21-17-12-13-18(20)14-15-19/h18H,2-17,19-20H2,1H3. The minimum Gasteiger partial charge on any atom is -0.381 e. The van der Waals surface area contributed by atoms with Crippen molar-refractivity contribution in [1.82, 2.24) is 0 Å². The molecule has 1 atom stereocenters. The van der Waals surface area contributed by atoms with Gasteiger partial charge in [-0.2, -0.15) is 0 Å². The van der Waals surface area contributed by atoms with Gasteiger partial charge in [-0.3, -0.25) is 0 Å². The van der Waals surface area contributed by atoms with E-state index in [1.165, 1.54) is 64.2 Å². The van der Waals surface area contributed by atoms with Gasteiger partial charge in [-0.1, -0.05) is 64.7 Å². The number of hydrogen-bond acceptors (Lipinski definition) is 3. The van der Waals surface area contributed by atoms with Crippen LogP contribution in [0.4, 0.5) is 0 Å². The van der Waals surface area contributed by atoms with Crippen molar-refractivity contribution < 1.29 is 4.74 Å². The van der Waals surface area contributed by atoms with Crippen molar-refractivity contribution in [2.24, 2.45) is 11.5 Å². The Labute approximate surface area is 133 Å². The van der Waals surface area contributed by atoms with Crippen molar-refractivity contribution in [2.75, 3.05) is 19.8 Å². The summed E-state index contributed by atoms with van der Waals surface area (Å²) in [6.45, 7) is 4.75. The van der Waals surface area contributed by atoms with E-state index in [0.29, 0.717) is 6.54 Å². The van der Waals surface area contributed by atoms with E-state index in [0.717, 1.165) is 32.5 Å². The Kier molecular flexibility index (Phi) is 17.8. The lowest BCUT2D eigenvalue weighted by Crippen LogP contribution is -2.23. The van der Waals surface area contributed by atoms with Crippen molar-refractivity contribution in [3.8, 4) is 0 Å². The van der Waals surface area contributed by atoms with Crippen molar-refractivity contribution in [3.63, 3.8) is 0 Å². The summed E-state index contributed by atoms with van der Waals surface area (Å²) in [5, 5.41) is 0. The molecule has 21 heavy (non-hydrogen) atoms. The van der Waals surface area contributed by atoms with Gasteiger partial charge >= 0.3 is 0 Å². The van der Waals surface area contributed by atoms with Crippen LogP contribution < -0.4 is 11.5 Å². The Bertz CT molecular complexity index is 188. The van der Waals surface area contributed by atoms with Crippen molar-refractivity contribution >= 4 is 0 Å². The Morgan fingerprint density at radius 1 is 0.714 bits per heavy atom. The number of ether oxygens (including phenoxy) is 1. The summed E-state index contributed by atoms with van der Waals surface area (Å²) in [5.74, 6) is 0. The van der Waals surface area contributed by atoms with Crippen LogP contribution in [-0.2, 0) is 4.74 Å². The average Bonchev–Trinajstić information content (AvgIpc) is 2.48. The maximum absolute atomic E-state index is 5.90. The van der Waals surface area contributed by atoms with Crippen LogP contribution in [0, 0.1) is 0 Å². The largest absolute Gasteiger partial charge is 0.381 e. The highest BCUT2D eigenvalue weighted by Crippen LogP contribution is 2.10. The van der Waals surface area contributed by atoms with E-state index in [9.17, 15) is 0 Å². The lowest BCUT2D eigenvalue weighted by atomic mass is 10.1. The highest BCUT2D eigenvalue weighted by molar-refractivity contribution is 4.60. The molecular weight excluding hydrogens is 260 g/mol. The molecule has 0 rings (SSSR count). The average molecular weight is 301 g/mol. The quantitative estimate of drug-likeness (QED) is 0.392. The van der Waals surface area contributed by atoms with E-state index in [1.54, 1.807) is 0 Å². The van der Waals surface area contributed by atoms with E-state index in [1.807, 2.05) is 0 Å². The molecule has 3 nitrogen and oxygen atoms in total. The van der Waals surface area contributed by atoms with Gasteiger partial charge in [0, 0.05) is 19.3 Å². The SMILES string of the molecule is CCCCCCCCCCCCOCCCC(N)CCN. The predicted octanol–water partition coefficient (Wildman–Crippen LogP) is 4.38. The number of rotatable bonds is 17. The fraction of sp³-hybridized carbons (Fsp3) is 1.00. The van der Waals surface area contributed by atoms with E-state index in [4.69, 9.17) is 16.2 Å². The fourth-order valence-corrected chi connectivity index (χ4v) is 2.60. The molecule has 0 bridgehead atoms. The molecule has 0 spiro atoms.